The lowest BCUT2D eigenvalue weighted by Gasteiger charge is -2.20. The third kappa shape index (κ3) is 3.09. The number of hydrogen-bond acceptors (Lipinski definition) is 2. The van der Waals surface area contributed by atoms with Crippen molar-refractivity contribution in [3.8, 4) is 0 Å². The Morgan fingerprint density at radius 1 is 0.895 bits per heavy atom. The Bertz CT molecular complexity index is 524. The summed E-state index contributed by atoms with van der Waals surface area (Å²) in [5.41, 5.74) is 2.63. The summed E-state index contributed by atoms with van der Waals surface area (Å²) in [5.74, 6) is 0. The van der Waals surface area contributed by atoms with E-state index in [-0.39, 0.29) is 0 Å². The normalized spacial score (nSPS) is 15.9. The minimum atomic E-state index is 0.795. The molecule has 0 saturated carbocycles. The van der Waals surface area contributed by atoms with Crippen molar-refractivity contribution in [2.75, 3.05) is 24.7 Å². The fourth-order valence-corrected chi connectivity index (χ4v) is 2.60. The maximum Gasteiger partial charge on any atom is 0.0711 e. The maximum absolute atomic E-state index is 5.93. The highest BCUT2D eigenvalue weighted by Gasteiger charge is 2.19. The van der Waals surface area contributed by atoms with Gasteiger partial charge < -0.3 is 4.90 Å². The molecule has 0 atom stereocenters. The van der Waals surface area contributed by atoms with Gasteiger partial charge in [0.1, 0.15) is 0 Å². The quantitative estimate of drug-likeness (QED) is 0.842. The predicted molar refractivity (Wildman–Crippen MR) is 80.5 cm³/mol. The van der Waals surface area contributed by atoms with Gasteiger partial charge in [0.15, 0.2) is 0 Å². The number of halogens is 1. The summed E-state index contributed by atoms with van der Waals surface area (Å²) in [7, 11) is 0. The first-order valence-corrected chi connectivity index (χ1v) is 6.96. The summed E-state index contributed by atoms with van der Waals surface area (Å²) < 4.78 is 0. The molecule has 1 aliphatic rings. The lowest BCUT2D eigenvalue weighted by molar-refractivity contribution is 0.334. The van der Waals surface area contributed by atoms with Crippen LogP contribution in [-0.2, 0) is 6.54 Å². The summed E-state index contributed by atoms with van der Waals surface area (Å²) in [6.45, 7) is 4.19. The summed E-state index contributed by atoms with van der Waals surface area (Å²) in [6, 6.07) is 18.7. The average molecular weight is 273 g/mol. The maximum atomic E-state index is 5.93. The highest BCUT2D eigenvalue weighted by atomic mass is 35.5. The van der Waals surface area contributed by atoms with E-state index in [4.69, 9.17) is 11.6 Å². The van der Waals surface area contributed by atoms with Crippen LogP contribution < -0.4 is 4.90 Å². The molecule has 2 nitrogen and oxygen atoms in total. The molecule has 0 radical (unpaired) electrons. The standard InChI is InChI=1S/C16H17ClN2/c17-15-6-8-16(9-7-15)19-11-10-18(13-19)12-14-4-2-1-3-5-14/h1-9H,10-13H2. The molecular formula is C16H17ClN2. The molecule has 3 heteroatoms. The molecule has 0 aliphatic carbocycles. The smallest absolute Gasteiger partial charge is 0.0711 e. The van der Waals surface area contributed by atoms with Crippen molar-refractivity contribution in [3.63, 3.8) is 0 Å². The second kappa shape index (κ2) is 5.64. The summed E-state index contributed by atoms with van der Waals surface area (Å²) >= 11 is 5.93. The molecule has 98 valence electrons. The first-order chi connectivity index (χ1) is 9.31. The molecule has 0 amide bonds. The van der Waals surface area contributed by atoms with E-state index in [0.29, 0.717) is 0 Å². The lowest BCUT2D eigenvalue weighted by Crippen LogP contribution is -2.24. The van der Waals surface area contributed by atoms with Crippen LogP contribution in [0.3, 0.4) is 0 Å². The van der Waals surface area contributed by atoms with Gasteiger partial charge in [-0.1, -0.05) is 41.9 Å². The number of rotatable bonds is 3. The SMILES string of the molecule is Clc1ccc(N2CCN(Cc3ccccc3)C2)cc1. The van der Waals surface area contributed by atoms with Gasteiger partial charge >= 0.3 is 0 Å². The van der Waals surface area contributed by atoms with Crippen LogP contribution in [0.2, 0.25) is 5.02 Å². The largest absolute Gasteiger partial charge is 0.357 e. The monoisotopic (exact) mass is 272 g/mol. The Morgan fingerprint density at radius 2 is 1.63 bits per heavy atom. The van der Waals surface area contributed by atoms with Gasteiger partial charge in [-0.05, 0) is 29.8 Å². The minimum absolute atomic E-state index is 0.795. The van der Waals surface area contributed by atoms with Crippen LogP contribution in [-0.4, -0.2) is 24.7 Å². The Hall–Kier alpha value is -1.51. The highest BCUT2D eigenvalue weighted by molar-refractivity contribution is 6.30. The van der Waals surface area contributed by atoms with Gasteiger partial charge in [-0.3, -0.25) is 4.90 Å². The zero-order chi connectivity index (χ0) is 13.1. The van der Waals surface area contributed by atoms with Gasteiger partial charge in [0.25, 0.3) is 0 Å². The zero-order valence-corrected chi connectivity index (χ0v) is 11.6. The van der Waals surface area contributed by atoms with Crippen molar-refractivity contribution >= 4 is 17.3 Å². The van der Waals surface area contributed by atoms with Gasteiger partial charge in [0, 0.05) is 30.3 Å². The number of hydrogen-bond donors (Lipinski definition) is 0. The zero-order valence-electron chi connectivity index (χ0n) is 10.8. The molecule has 1 heterocycles. The summed E-state index contributed by atoms with van der Waals surface area (Å²) in [4.78, 5) is 4.85. The Balaban J connectivity index is 1.62. The Morgan fingerprint density at radius 3 is 2.37 bits per heavy atom. The van der Waals surface area contributed by atoms with Crippen molar-refractivity contribution in [2.24, 2.45) is 0 Å². The molecule has 0 bridgehead atoms. The third-order valence-electron chi connectivity index (χ3n) is 3.50. The van der Waals surface area contributed by atoms with E-state index in [0.717, 1.165) is 31.3 Å². The van der Waals surface area contributed by atoms with E-state index in [9.17, 15) is 0 Å². The number of nitrogens with zero attached hydrogens (tertiary/aromatic N) is 2. The molecule has 2 aromatic carbocycles. The number of anilines is 1. The predicted octanol–water partition coefficient (Wildman–Crippen LogP) is 3.62. The van der Waals surface area contributed by atoms with Crippen LogP contribution in [0.15, 0.2) is 54.6 Å². The van der Waals surface area contributed by atoms with Gasteiger partial charge in [-0.15, -0.1) is 0 Å². The molecular weight excluding hydrogens is 256 g/mol. The van der Waals surface area contributed by atoms with Crippen LogP contribution in [0.5, 0.6) is 0 Å². The Kier molecular flexibility index (Phi) is 3.72. The average Bonchev–Trinajstić information content (AvgIpc) is 2.89. The number of benzene rings is 2. The molecule has 3 rings (SSSR count). The van der Waals surface area contributed by atoms with Crippen LogP contribution in [0, 0.1) is 0 Å². The Labute approximate surface area is 119 Å². The minimum Gasteiger partial charge on any atom is -0.357 e. The van der Waals surface area contributed by atoms with Crippen molar-refractivity contribution < 1.29 is 0 Å². The van der Waals surface area contributed by atoms with E-state index in [1.54, 1.807) is 0 Å². The van der Waals surface area contributed by atoms with E-state index >= 15 is 0 Å². The fourth-order valence-electron chi connectivity index (χ4n) is 2.48. The van der Waals surface area contributed by atoms with Crippen molar-refractivity contribution in [1.82, 2.24) is 4.90 Å². The summed E-state index contributed by atoms with van der Waals surface area (Å²) in [6.07, 6.45) is 0. The van der Waals surface area contributed by atoms with Crippen molar-refractivity contribution in [1.29, 1.82) is 0 Å². The molecule has 2 aromatic rings. The highest BCUT2D eigenvalue weighted by Crippen LogP contribution is 2.21. The molecule has 1 aliphatic heterocycles. The first-order valence-electron chi connectivity index (χ1n) is 6.58. The van der Waals surface area contributed by atoms with E-state index < -0.39 is 0 Å². The summed E-state index contributed by atoms with van der Waals surface area (Å²) in [5, 5.41) is 0.795. The van der Waals surface area contributed by atoms with Gasteiger partial charge in [-0.25, -0.2) is 0 Å². The van der Waals surface area contributed by atoms with Crippen LogP contribution in [0.4, 0.5) is 5.69 Å². The van der Waals surface area contributed by atoms with Crippen molar-refractivity contribution in [3.05, 3.63) is 65.2 Å². The molecule has 0 N–H and O–H groups in total. The van der Waals surface area contributed by atoms with E-state index in [2.05, 4.69) is 52.3 Å². The topological polar surface area (TPSA) is 6.48 Å². The van der Waals surface area contributed by atoms with E-state index in [1.165, 1.54) is 11.3 Å². The molecule has 1 fully saturated rings. The fraction of sp³-hybridized carbons (Fsp3) is 0.250. The van der Waals surface area contributed by atoms with Crippen molar-refractivity contribution in [2.45, 2.75) is 6.54 Å². The molecule has 0 aromatic heterocycles. The van der Waals surface area contributed by atoms with Gasteiger partial charge in [-0.2, -0.15) is 0 Å². The van der Waals surface area contributed by atoms with Gasteiger partial charge in [0.05, 0.1) is 6.67 Å². The molecule has 0 spiro atoms. The van der Waals surface area contributed by atoms with Crippen LogP contribution in [0.1, 0.15) is 5.56 Å². The third-order valence-corrected chi connectivity index (χ3v) is 3.75. The molecule has 1 saturated heterocycles. The van der Waals surface area contributed by atoms with E-state index in [1.807, 2.05) is 12.1 Å². The lowest BCUT2D eigenvalue weighted by atomic mass is 10.2. The van der Waals surface area contributed by atoms with Crippen LogP contribution in [0.25, 0.3) is 0 Å². The molecule has 19 heavy (non-hydrogen) atoms. The second-order valence-electron chi connectivity index (χ2n) is 4.92. The van der Waals surface area contributed by atoms with Crippen LogP contribution >= 0.6 is 11.6 Å². The molecule has 0 unspecified atom stereocenters. The first kappa shape index (κ1) is 12.5. The van der Waals surface area contributed by atoms with Gasteiger partial charge in [0.2, 0.25) is 0 Å². The second-order valence-corrected chi connectivity index (χ2v) is 5.36.